The number of furan rings is 1. The van der Waals surface area contributed by atoms with Crippen LogP contribution in [-0.4, -0.2) is 18.4 Å². The predicted octanol–water partition coefficient (Wildman–Crippen LogP) is 4.83. The Hall–Kier alpha value is -2.57. The first-order valence-electron chi connectivity index (χ1n) is 8.74. The maximum Gasteiger partial charge on any atom is 0.287 e. The van der Waals surface area contributed by atoms with Gasteiger partial charge in [0.1, 0.15) is 0 Å². The smallest absolute Gasteiger partial charge is 0.287 e. The quantitative estimate of drug-likeness (QED) is 0.608. The molecule has 1 aliphatic rings. The van der Waals surface area contributed by atoms with Crippen LogP contribution in [0.5, 0.6) is 0 Å². The lowest BCUT2D eigenvalue weighted by atomic mass is 10.1. The molecule has 2 amide bonds. The van der Waals surface area contributed by atoms with Gasteiger partial charge in [-0.15, -0.1) is 0 Å². The Kier molecular flexibility index (Phi) is 5.24. The lowest BCUT2D eigenvalue weighted by Gasteiger charge is -2.18. The van der Waals surface area contributed by atoms with Crippen LogP contribution in [0.25, 0.3) is 0 Å². The van der Waals surface area contributed by atoms with Crippen molar-refractivity contribution in [2.75, 3.05) is 11.4 Å². The minimum absolute atomic E-state index is 0.0583. The summed E-state index contributed by atoms with van der Waals surface area (Å²) in [6, 6.07) is 16.1. The zero-order valence-corrected chi connectivity index (χ0v) is 17.1. The maximum absolute atomic E-state index is 12.9. The predicted molar refractivity (Wildman–Crippen MR) is 111 cm³/mol. The fraction of sp³-hybridized carbons (Fsp3) is 0.143. The topological polar surface area (TPSA) is 62.6 Å². The van der Waals surface area contributed by atoms with Crippen LogP contribution in [0.2, 0.25) is 5.02 Å². The highest BCUT2D eigenvalue weighted by Crippen LogP contribution is 2.30. The van der Waals surface area contributed by atoms with Gasteiger partial charge in [0.25, 0.3) is 11.8 Å². The molecule has 1 N–H and O–H groups in total. The lowest BCUT2D eigenvalue weighted by molar-refractivity contribution is 0.0921. The number of hydrogen-bond donors (Lipinski definition) is 1. The minimum atomic E-state index is -0.291. The second-order valence-corrected chi connectivity index (χ2v) is 7.68. The first kappa shape index (κ1) is 18.8. The van der Waals surface area contributed by atoms with Crippen molar-refractivity contribution < 1.29 is 14.0 Å². The Bertz CT molecular complexity index is 1050. The zero-order chi connectivity index (χ0) is 19.7. The highest BCUT2D eigenvalue weighted by molar-refractivity contribution is 9.10. The number of nitrogens with one attached hydrogen (secondary N) is 1. The molecule has 0 spiro atoms. The Balaban J connectivity index is 1.49. The van der Waals surface area contributed by atoms with Crippen molar-refractivity contribution in [3.05, 3.63) is 86.7 Å². The number of carbonyl (C=O) groups is 2. The number of rotatable bonds is 4. The van der Waals surface area contributed by atoms with Gasteiger partial charge in [0.2, 0.25) is 0 Å². The molecule has 5 nitrogen and oxygen atoms in total. The number of halogens is 2. The molecule has 0 saturated carbocycles. The lowest BCUT2D eigenvalue weighted by Crippen LogP contribution is -2.29. The van der Waals surface area contributed by atoms with Crippen molar-refractivity contribution in [3.8, 4) is 0 Å². The van der Waals surface area contributed by atoms with E-state index in [-0.39, 0.29) is 17.6 Å². The van der Waals surface area contributed by atoms with Crippen molar-refractivity contribution in [1.29, 1.82) is 0 Å². The highest BCUT2D eigenvalue weighted by atomic mass is 79.9. The number of carbonyl (C=O) groups excluding carboxylic acids is 2. The molecular formula is C21H16BrClN2O3. The van der Waals surface area contributed by atoms with Crippen molar-refractivity contribution in [1.82, 2.24) is 5.32 Å². The summed E-state index contributed by atoms with van der Waals surface area (Å²) in [5, 5.41) is 3.43. The van der Waals surface area contributed by atoms with E-state index in [0.717, 1.165) is 23.2 Å². The van der Waals surface area contributed by atoms with E-state index >= 15 is 0 Å². The number of hydrogen-bond acceptors (Lipinski definition) is 3. The summed E-state index contributed by atoms with van der Waals surface area (Å²) in [5.74, 6) is -0.107. The Labute approximate surface area is 175 Å². The van der Waals surface area contributed by atoms with Gasteiger partial charge in [-0.3, -0.25) is 9.59 Å². The van der Waals surface area contributed by atoms with Crippen LogP contribution in [0.1, 0.15) is 32.0 Å². The molecule has 4 rings (SSSR count). The first-order valence-corrected chi connectivity index (χ1v) is 9.91. The fourth-order valence-electron chi connectivity index (χ4n) is 3.20. The van der Waals surface area contributed by atoms with Crippen LogP contribution < -0.4 is 10.2 Å². The van der Waals surface area contributed by atoms with Crippen LogP contribution in [0, 0.1) is 0 Å². The third-order valence-electron chi connectivity index (χ3n) is 4.63. The van der Waals surface area contributed by atoms with Gasteiger partial charge < -0.3 is 14.6 Å². The number of fused-ring (bicyclic) bond motifs is 1. The molecule has 1 aliphatic heterocycles. The van der Waals surface area contributed by atoms with Gasteiger partial charge in [0, 0.05) is 29.4 Å². The molecule has 0 unspecified atom stereocenters. The van der Waals surface area contributed by atoms with Gasteiger partial charge >= 0.3 is 0 Å². The van der Waals surface area contributed by atoms with Crippen molar-refractivity contribution in [2.45, 2.75) is 13.0 Å². The molecule has 7 heteroatoms. The van der Waals surface area contributed by atoms with Crippen LogP contribution >= 0.6 is 27.5 Å². The number of amides is 2. The van der Waals surface area contributed by atoms with E-state index in [2.05, 4.69) is 21.2 Å². The molecule has 28 heavy (non-hydrogen) atoms. The molecule has 0 bridgehead atoms. The molecule has 1 aromatic heterocycles. The third-order valence-corrected chi connectivity index (χ3v) is 5.31. The second kappa shape index (κ2) is 7.81. The van der Waals surface area contributed by atoms with E-state index in [0.29, 0.717) is 28.3 Å². The summed E-state index contributed by atoms with van der Waals surface area (Å²) in [4.78, 5) is 26.8. The summed E-state index contributed by atoms with van der Waals surface area (Å²) < 4.78 is 5.76. The van der Waals surface area contributed by atoms with Crippen molar-refractivity contribution in [2.24, 2.45) is 0 Å². The molecule has 2 aromatic carbocycles. The summed E-state index contributed by atoms with van der Waals surface area (Å²) in [6.45, 7) is 0.973. The van der Waals surface area contributed by atoms with Crippen LogP contribution in [0.4, 0.5) is 5.69 Å². The zero-order valence-electron chi connectivity index (χ0n) is 14.7. The number of benzene rings is 2. The van der Waals surface area contributed by atoms with E-state index < -0.39 is 0 Å². The Morgan fingerprint density at radius 3 is 2.61 bits per heavy atom. The minimum Gasteiger partial charge on any atom is -0.444 e. The van der Waals surface area contributed by atoms with Crippen LogP contribution in [-0.2, 0) is 13.0 Å². The Morgan fingerprint density at radius 2 is 1.89 bits per heavy atom. The van der Waals surface area contributed by atoms with E-state index in [1.54, 1.807) is 41.3 Å². The molecule has 3 aromatic rings. The average molecular weight is 460 g/mol. The molecule has 2 heterocycles. The van der Waals surface area contributed by atoms with E-state index in [4.69, 9.17) is 16.0 Å². The number of nitrogens with zero attached hydrogens (tertiary/aromatic N) is 1. The van der Waals surface area contributed by atoms with Crippen LogP contribution in [0.3, 0.4) is 0 Å². The molecular weight excluding hydrogens is 444 g/mol. The average Bonchev–Trinajstić information content (AvgIpc) is 3.32. The molecule has 142 valence electrons. The largest absolute Gasteiger partial charge is 0.444 e. The van der Waals surface area contributed by atoms with E-state index in [1.807, 2.05) is 18.2 Å². The summed E-state index contributed by atoms with van der Waals surface area (Å²) in [6.07, 6.45) is 0.807. The van der Waals surface area contributed by atoms with Gasteiger partial charge in [-0.1, -0.05) is 23.7 Å². The van der Waals surface area contributed by atoms with Crippen LogP contribution in [0.15, 0.2) is 63.7 Å². The first-order chi connectivity index (χ1) is 13.5. The van der Waals surface area contributed by atoms with E-state index in [1.165, 1.54) is 0 Å². The van der Waals surface area contributed by atoms with Crippen molar-refractivity contribution in [3.63, 3.8) is 0 Å². The third kappa shape index (κ3) is 3.84. The van der Waals surface area contributed by atoms with Gasteiger partial charge in [0.05, 0.1) is 0 Å². The van der Waals surface area contributed by atoms with Crippen molar-refractivity contribution >= 4 is 45.0 Å². The normalized spacial score (nSPS) is 12.7. The summed E-state index contributed by atoms with van der Waals surface area (Å²) >= 11 is 9.10. The molecule has 0 aliphatic carbocycles. The SMILES string of the molecule is O=C(NCc1ccc2c(c1)N(C(=O)c1ccc(Cl)cc1)CC2)c1ccc(Br)o1. The number of anilines is 1. The maximum atomic E-state index is 12.9. The summed E-state index contributed by atoms with van der Waals surface area (Å²) in [7, 11) is 0. The molecule has 0 saturated heterocycles. The van der Waals surface area contributed by atoms with Gasteiger partial charge in [-0.25, -0.2) is 0 Å². The fourth-order valence-corrected chi connectivity index (χ4v) is 3.63. The van der Waals surface area contributed by atoms with Gasteiger partial charge in [0.15, 0.2) is 10.4 Å². The molecule has 0 fully saturated rings. The summed E-state index contributed by atoms with van der Waals surface area (Å²) in [5.41, 5.74) is 3.51. The molecule has 0 radical (unpaired) electrons. The molecule has 0 atom stereocenters. The highest BCUT2D eigenvalue weighted by Gasteiger charge is 2.26. The van der Waals surface area contributed by atoms with E-state index in [9.17, 15) is 9.59 Å². The Morgan fingerprint density at radius 1 is 1.11 bits per heavy atom. The monoisotopic (exact) mass is 458 g/mol. The van der Waals surface area contributed by atoms with Gasteiger partial charge in [-0.2, -0.15) is 0 Å². The standard InChI is InChI=1S/C21H16BrClN2O3/c22-19-8-7-18(28-19)20(26)24-12-13-1-2-14-9-10-25(17(14)11-13)21(27)15-3-5-16(23)6-4-15/h1-8,11H,9-10,12H2,(H,24,26). The second-order valence-electron chi connectivity index (χ2n) is 6.46. The van der Waals surface area contributed by atoms with Gasteiger partial charge in [-0.05, 0) is 75.9 Å².